The van der Waals surface area contributed by atoms with Crippen LogP contribution >= 0.6 is 31.9 Å². The van der Waals surface area contributed by atoms with Crippen molar-refractivity contribution in [2.75, 3.05) is 11.1 Å². The molecule has 2 aromatic carbocycles. The van der Waals surface area contributed by atoms with Crippen molar-refractivity contribution in [2.24, 2.45) is 0 Å². The number of anilines is 2. The van der Waals surface area contributed by atoms with Crippen LogP contribution in [0.2, 0.25) is 0 Å². The molecular weight excluding hydrogens is 396 g/mol. The van der Waals surface area contributed by atoms with E-state index in [-0.39, 0.29) is 11.3 Å². The second-order valence-electron chi connectivity index (χ2n) is 5.26. The quantitative estimate of drug-likeness (QED) is 0.735. The van der Waals surface area contributed by atoms with E-state index in [1.807, 2.05) is 30.3 Å². The molecule has 1 saturated carbocycles. The fraction of sp³-hybridized carbons (Fsp3) is 0.188. The molecule has 5 heteroatoms. The van der Waals surface area contributed by atoms with Gasteiger partial charge in [0.25, 0.3) is 0 Å². The summed E-state index contributed by atoms with van der Waals surface area (Å²) in [4.78, 5) is 12.7. The minimum absolute atomic E-state index is 0.0277. The lowest BCUT2D eigenvalue weighted by Crippen LogP contribution is -2.28. The van der Waals surface area contributed by atoms with E-state index in [1.54, 1.807) is 12.1 Å². The molecule has 2 aromatic rings. The molecule has 0 atom stereocenters. The maximum atomic E-state index is 12.7. The first kappa shape index (κ1) is 14.6. The van der Waals surface area contributed by atoms with Crippen LogP contribution in [0.15, 0.2) is 51.4 Å². The summed E-state index contributed by atoms with van der Waals surface area (Å²) in [5.41, 5.74) is 7.82. The highest BCUT2D eigenvalue weighted by molar-refractivity contribution is 9.11. The third-order valence-corrected chi connectivity index (χ3v) is 5.06. The first-order chi connectivity index (χ1) is 10.0. The minimum Gasteiger partial charge on any atom is -0.399 e. The van der Waals surface area contributed by atoms with E-state index in [4.69, 9.17) is 5.73 Å². The van der Waals surface area contributed by atoms with Crippen LogP contribution in [0.5, 0.6) is 0 Å². The van der Waals surface area contributed by atoms with Crippen LogP contribution in [0, 0.1) is 0 Å². The zero-order valence-corrected chi connectivity index (χ0v) is 14.4. The summed E-state index contributed by atoms with van der Waals surface area (Å²) >= 11 is 6.89. The van der Waals surface area contributed by atoms with Gasteiger partial charge in [-0.05, 0) is 62.4 Å². The summed E-state index contributed by atoms with van der Waals surface area (Å²) in [6.07, 6.45) is 1.76. The number of hydrogen-bond acceptors (Lipinski definition) is 2. The molecule has 0 heterocycles. The fourth-order valence-corrected chi connectivity index (χ4v) is 3.89. The zero-order valence-electron chi connectivity index (χ0n) is 11.2. The molecule has 3 N–H and O–H groups in total. The van der Waals surface area contributed by atoms with Gasteiger partial charge in [0, 0.05) is 14.6 Å². The molecule has 1 aliphatic carbocycles. The van der Waals surface area contributed by atoms with Crippen molar-refractivity contribution in [3.63, 3.8) is 0 Å². The maximum Gasteiger partial charge on any atom is 0.235 e. The average Bonchev–Trinajstić information content (AvgIpc) is 3.25. The van der Waals surface area contributed by atoms with E-state index in [0.717, 1.165) is 33.0 Å². The van der Waals surface area contributed by atoms with E-state index in [2.05, 4.69) is 37.2 Å². The summed E-state index contributed by atoms with van der Waals surface area (Å²) in [7, 11) is 0. The molecule has 3 nitrogen and oxygen atoms in total. The summed E-state index contributed by atoms with van der Waals surface area (Å²) in [6, 6.07) is 13.5. The van der Waals surface area contributed by atoms with E-state index in [9.17, 15) is 4.79 Å². The first-order valence-corrected chi connectivity index (χ1v) is 8.23. The van der Waals surface area contributed by atoms with Gasteiger partial charge in [-0.2, -0.15) is 0 Å². The number of amides is 1. The summed E-state index contributed by atoms with van der Waals surface area (Å²) in [5, 5.41) is 3.02. The Balaban J connectivity index is 1.88. The van der Waals surface area contributed by atoms with E-state index >= 15 is 0 Å². The number of nitrogens with two attached hydrogens (primary N) is 1. The largest absolute Gasteiger partial charge is 0.399 e. The number of nitrogens with one attached hydrogen (secondary N) is 1. The maximum absolute atomic E-state index is 12.7. The van der Waals surface area contributed by atoms with Gasteiger partial charge in [-0.1, -0.05) is 30.3 Å². The van der Waals surface area contributed by atoms with Crippen molar-refractivity contribution in [1.82, 2.24) is 0 Å². The normalized spacial score (nSPS) is 15.5. The lowest BCUT2D eigenvalue weighted by Gasteiger charge is -2.17. The van der Waals surface area contributed by atoms with Gasteiger partial charge in [-0.15, -0.1) is 0 Å². The lowest BCUT2D eigenvalue weighted by molar-refractivity contribution is -0.118. The molecule has 0 radical (unpaired) electrons. The van der Waals surface area contributed by atoms with E-state index in [1.165, 1.54) is 0 Å². The Kier molecular flexibility index (Phi) is 3.80. The van der Waals surface area contributed by atoms with Gasteiger partial charge in [0.2, 0.25) is 5.91 Å². The molecule has 1 aliphatic rings. The Morgan fingerprint density at radius 2 is 1.67 bits per heavy atom. The van der Waals surface area contributed by atoms with Crippen LogP contribution < -0.4 is 11.1 Å². The molecule has 1 amide bonds. The number of benzene rings is 2. The van der Waals surface area contributed by atoms with Crippen molar-refractivity contribution >= 4 is 49.1 Å². The van der Waals surface area contributed by atoms with Crippen molar-refractivity contribution in [2.45, 2.75) is 18.3 Å². The molecule has 0 aromatic heterocycles. The SMILES string of the molecule is Nc1cc(Br)c(NC(=O)C2(c3ccccc3)CC2)c(Br)c1. The molecule has 1 fully saturated rings. The topological polar surface area (TPSA) is 55.1 Å². The molecule has 0 spiro atoms. The van der Waals surface area contributed by atoms with E-state index < -0.39 is 0 Å². The highest BCUT2D eigenvalue weighted by Gasteiger charge is 2.51. The molecule has 0 unspecified atom stereocenters. The summed E-state index contributed by atoms with van der Waals surface area (Å²) in [6.45, 7) is 0. The van der Waals surface area contributed by atoms with Crippen LogP contribution in [0.25, 0.3) is 0 Å². The lowest BCUT2D eigenvalue weighted by atomic mass is 9.95. The molecule has 0 saturated heterocycles. The number of rotatable bonds is 3. The van der Waals surface area contributed by atoms with Gasteiger partial charge in [-0.25, -0.2) is 0 Å². The molecule has 0 aliphatic heterocycles. The predicted octanol–water partition coefficient (Wildman–Crippen LogP) is 4.46. The molecule has 21 heavy (non-hydrogen) atoms. The smallest absolute Gasteiger partial charge is 0.235 e. The Labute approximate surface area is 140 Å². The van der Waals surface area contributed by atoms with Crippen molar-refractivity contribution in [3.05, 3.63) is 57.0 Å². The fourth-order valence-electron chi connectivity index (χ4n) is 2.47. The van der Waals surface area contributed by atoms with Crippen molar-refractivity contribution in [1.29, 1.82) is 0 Å². The van der Waals surface area contributed by atoms with Gasteiger partial charge < -0.3 is 11.1 Å². The summed E-state index contributed by atoms with van der Waals surface area (Å²) < 4.78 is 1.54. The Bertz CT molecular complexity index is 674. The predicted molar refractivity (Wildman–Crippen MR) is 92.2 cm³/mol. The van der Waals surface area contributed by atoms with Crippen LogP contribution in [-0.2, 0) is 10.2 Å². The van der Waals surface area contributed by atoms with Crippen LogP contribution in [0.3, 0.4) is 0 Å². The molecule has 3 rings (SSSR count). The third kappa shape index (κ3) is 2.72. The standard InChI is InChI=1S/C16H14Br2N2O/c17-12-8-11(19)9-13(18)14(12)20-15(21)16(6-7-16)10-4-2-1-3-5-10/h1-5,8-9H,6-7,19H2,(H,20,21). The zero-order chi connectivity index (χ0) is 15.0. The average molecular weight is 410 g/mol. The monoisotopic (exact) mass is 408 g/mol. The van der Waals surface area contributed by atoms with Gasteiger partial charge in [0.05, 0.1) is 11.1 Å². The van der Waals surface area contributed by atoms with Crippen LogP contribution in [0.4, 0.5) is 11.4 Å². The Morgan fingerprint density at radius 1 is 1.10 bits per heavy atom. The van der Waals surface area contributed by atoms with Gasteiger partial charge in [0.15, 0.2) is 0 Å². The van der Waals surface area contributed by atoms with Crippen molar-refractivity contribution in [3.8, 4) is 0 Å². The number of nitrogen functional groups attached to an aromatic ring is 1. The number of carbonyl (C=O) groups excluding carboxylic acids is 1. The second-order valence-corrected chi connectivity index (χ2v) is 6.97. The second kappa shape index (κ2) is 5.46. The molecular formula is C16H14Br2N2O. The summed E-state index contributed by atoms with van der Waals surface area (Å²) in [5.74, 6) is 0.0277. The first-order valence-electron chi connectivity index (χ1n) is 6.64. The number of carbonyl (C=O) groups is 1. The van der Waals surface area contributed by atoms with Gasteiger partial charge >= 0.3 is 0 Å². The van der Waals surface area contributed by atoms with Crippen LogP contribution in [0.1, 0.15) is 18.4 Å². The molecule has 108 valence electrons. The van der Waals surface area contributed by atoms with Gasteiger partial charge in [-0.3, -0.25) is 4.79 Å². The highest BCUT2D eigenvalue weighted by Crippen LogP contribution is 2.49. The Morgan fingerprint density at radius 3 is 2.19 bits per heavy atom. The van der Waals surface area contributed by atoms with Gasteiger partial charge in [0.1, 0.15) is 0 Å². The van der Waals surface area contributed by atoms with Crippen molar-refractivity contribution < 1.29 is 4.79 Å². The minimum atomic E-state index is -0.387. The Hall–Kier alpha value is -1.33. The third-order valence-electron chi connectivity index (χ3n) is 3.81. The molecule has 0 bridgehead atoms. The van der Waals surface area contributed by atoms with Crippen LogP contribution in [-0.4, -0.2) is 5.91 Å². The van der Waals surface area contributed by atoms with E-state index in [0.29, 0.717) is 5.69 Å². The number of hydrogen-bond donors (Lipinski definition) is 2. The number of halogens is 2. The highest BCUT2D eigenvalue weighted by atomic mass is 79.9.